The summed E-state index contributed by atoms with van der Waals surface area (Å²) in [7, 11) is 4.87. The number of carbonyl (C=O) groups is 1. The fraction of sp³-hybridized carbons (Fsp3) is 0.500. The zero-order valence-electron chi connectivity index (χ0n) is 11.9. The fourth-order valence-corrected chi connectivity index (χ4v) is 1.92. The van der Waals surface area contributed by atoms with Crippen molar-refractivity contribution in [3.05, 3.63) is 29.8 Å². The molecule has 2 atom stereocenters. The summed E-state index contributed by atoms with van der Waals surface area (Å²) in [6, 6.07) is 6.86. The molecule has 0 radical (unpaired) electrons. The third-order valence-corrected chi connectivity index (χ3v) is 3.18. The van der Waals surface area contributed by atoms with Gasteiger partial charge < -0.3 is 20.1 Å². The van der Waals surface area contributed by atoms with Crippen LogP contribution in [-0.2, 0) is 9.53 Å². The number of benzene rings is 1. The van der Waals surface area contributed by atoms with E-state index in [2.05, 4.69) is 0 Å². The molecule has 0 fully saturated rings. The van der Waals surface area contributed by atoms with Gasteiger partial charge in [0.15, 0.2) is 0 Å². The number of nitrogens with two attached hydrogens (primary N) is 1. The van der Waals surface area contributed by atoms with Gasteiger partial charge in [0.25, 0.3) is 0 Å². The fourth-order valence-electron chi connectivity index (χ4n) is 1.92. The quantitative estimate of drug-likeness (QED) is 0.840. The van der Waals surface area contributed by atoms with Crippen LogP contribution in [0.3, 0.4) is 0 Å². The minimum atomic E-state index is -0.646. The van der Waals surface area contributed by atoms with E-state index in [0.29, 0.717) is 0 Å². The second-order valence-corrected chi connectivity index (χ2v) is 4.43. The van der Waals surface area contributed by atoms with Crippen LogP contribution in [0, 0.1) is 0 Å². The van der Waals surface area contributed by atoms with Gasteiger partial charge >= 0.3 is 0 Å². The monoisotopic (exact) mass is 266 g/mol. The van der Waals surface area contributed by atoms with Gasteiger partial charge in [-0.3, -0.25) is 4.79 Å². The van der Waals surface area contributed by atoms with Gasteiger partial charge in [-0.25, -0.2) is 0 Å². The maximum atomic E-state index is 12.1. The molecule has 2 unspecified atom stereocenters. The van der Waals surface area contributed by atoms with Crippen molar-refractivity contribution in [1.82, 2.24) is 4.90 Å². The van der Waals surface area contributed by atoms with Crippen molar-refractivity contribution in [3.63, 3.8) is 0 Å². The molecular formula is C14H22N2O3. The summed E-state index contributed by atoms with van der Waals surface area (Å²) in [5.74, 6) is 0.607. The third kappa shape index (κ3) is 3.68. The molecule has 1 aromatic rings. The zero-order chi connectivity index (χ0) is 14.4. The maximum Gasteiger partial charge on any atom is 0.242 e. The van der Waals surface area contributed by atoms with Gasteiger partial charge in [-0.15, -0.1) is 0 Å². The lowest BCUT2D eigenvalue weighted by molar-refractivity contribution is -0.134. The number of nitrogens with zero attached hydrogens (tertiary/aromatic N) is 1. The van der Waals surface area contributed by atoms with Crippen molar-refractivity contribution in [2.45, 2.75) is 19.0 Å². The van der Waals surface area contributed by atoms with Crippen molar-refractivity contribution in [2.24, 2.45) is 5.73 Å². The minimum absolute atomic E-state index is 0.119. The van der Waals surface area contributed by atoms with E-state index in [1.165, 1.54) is 7.11 Å². The van der Waals surface area contributed by atoms with E-state index in [0.717, 1.165) is 11.3 Å². The second kappa shape index (κ2) is 7.11. The summed E-state index contributed by atoms with van der Waals surface area (Å²) >= 11 is 0. The topological polar surface area (TPSA) is 64.8 Å². The first kappa shape index (κ1) is 15.5. The average Bonchev–Trinajstić information content (AvgIpc) is 2.45. The van der Waals surface area contributed by atoms with Crippen LogP contribution in [0.5, 0.6) is 5.75 Å². The number of hydrogen-bond donors (Lipinski definition) is 1. The average molecular weight is 266 g/mol. The highest BCUT2D eigenvalue weighted by atomic mass is 16.5. The molecule has 0 aliphatic carbocycles. The minimum Gasteiger partial charge on any atom is -0.496 e. The van der Waals surface area contributed by atoms with Crippen molar-refractivity contribution < 1.29 is 14.3 Å². The van der Waals surface area contributed by atoms with Gasteiger partial charge in [-0.1, -0.05) is 18.2 Å². The number of para-hydroxylation sites is 1. The Morgan fingerprint density at radius 2 is 2.00 bits per heavy atom. The van der Waals surface area contributed by atoms with Crippen molar-refractivity contribution in [3.8, 4) is 5.75 Å². The molecule has 19 heavy (non-hydrogen) atoms. The molecule has 5 nitrogen and oxygen atoms in total. The summed E-state index contributed by atoms with van der Waals surface area (Å²) in [6.45, 7) is 2.15. The van der Waals surface area contributed by atoms with Crippen LogP contribution in [0.1, 0.15) is 18.5 Å². The van der Waals surface area contributed by atoms with Gasteiger partial charge in [0.2, 0.25) is 5.91 Å². The molecule has 1 amide bonds. The number of hydrogen-bond acceptors (Lipinski definition) is 4. The van der Waals surface area contributed by atoms with E-state index in [1.54, 1.807) is 19.1 Å². The summed E-state index contributed by atoms with van der Waals surface area (Å²) in [4.78, 5) is 13.7. The van der Waals surface area contributed by atoms with Crippen LogP contribution in [0.4, 0.5) is 0 Å². The number of carbonyl (C=O) groups excluding carboxylic acids is 1. The van der Waals surface area contributed by atoms with Crippen LogP contribution < -0.4 is 10.5 Å². The Labute approximate surface area is 114 Å². The van der Waals surface area contributed by atoms with Gasteiger partial charge in [0, 0.05) is 19.7 Å². The maximum absolute atomic E-state index is 12.1. The molecule has 0 spiro atoms. The van der Waals surface area contributed by atoms with E-state index >= 15 is 0 Å². The highest BCUT2D eigenvalue weighted by Crippen LogP contribution is 2.28. The molecule has 0 saturated carbocycles. The highest BCUT2D eigenvalue weighted by Gasteiger charge is 2.24. The normalized spacial score (nSPS) is 13.7. The van der Waals surface area contributed by atoms with Crippen LogP contribution in [-0.4, -0.2) is 44.7 Å². The predicted molar refractivity (Wildman–Crippen MR) is 74.0 cm³/mol. The number of rotatable bonds is 6. The molecule has 5 heteroatoms. The van der Waals surface area contributed by atoms with E-state index in [-0.39, 0.29) is 18.6 Å². The van der Waals surface area contributed by atoms with Crippen LogP contribution in [0.25, 0.3) is 0 Å². The molecule has 1 aromatic carbocycles. The SMILES string of the molecule is COCC(N)C(=O)N(C)C(C)c1ccccc1OC. The molecule has 1 rings (SSSR count). The second-order valence-electron chi connectivity index (χ2n) is 4.43. The predicted octanol–water partition coefficient (Wildman–Crippen LogP) is 1.19. The van der Waals surface area contributed by atoms with Crippen LogP contribution >= 0.6 is 0 Å². The van der Waals surface area contributed by atoms with Gasteiger partial charge in [0.05, 0.1) is 19.8 Å². The molecule has 2 N–H and O–H groups in total. The van der Waals surface area contributed by atoms with Crippen molar-refractivity contribution in [1.29, 1.82) is 0 Å². The summed E-state index contributed by atoms with van der Waals surface area (Å²) < 4.78 is 10.2. The first-order valence-electron chi connectivity index (χ1n) is 6.17. The molecule has 0 aliphatic heterocycles. The Morgan fingerprint density at radius 3 is 2.58 bits per heavy atom. The van der Waals surface area contributed by atoms with E-state index in [9.17, 15) is 4.79 Å². The Kier molecular flexibility index (Phi) is 5.79. The lowest BCUT2D eigenvalue weighted by Gasteiger charge is -2.28. The molecule has 106 valence electrons. The Bertz CT molecular complexity index is 423. The number of ether oxygens (including phenoxy) is 2. The highest BCUT2D eigenvalue weighted by molar-refractivity contribution is 5.82. The Morgan fingerprint density at radius 1 is 1.37 bits per heavy atom. The lowest BCUT2D eigenvalue weighted by atomic mass is 10.1. The lowest BCUT2D eigenvalue weighted by Crippen LogP contribution is -2.45. The standard InChI is InChI=1S/C14H22N2O3/c1-10(11-7-5-6-8-13(11)19-4)16(2)14(17)12(15)9-18-3/h5-8,10,12H,9,15H2,1-4H3. The molecule has 0 saturated heterocycles. The first-order valence-corrected chi connectivity index (χ1v) is 6.17. The first-order chi connectivity index (χ1) is 9.02. The van der Waals surface area contributed by atoms with Crippen LogP contribution in [0.2, 0.25) is 0 Å². The van der Waals surface area contributed by atoms with Crippen molar-refractivity contribution >= 4 is 5.91 Å². The molecule has 0 bridgehead atoms. The zero-order valence-corrected chi connectivity index (χ0v) is 11.9. The van der Waals surface area contributed by atoms with Gasteiger partial charge in [-0.05, 0) is 13.0 Å². The Balaban J connectivity index is 2.87. The smallest absolute Gasteiger partial charge is 0.242 e. The Hall–Kier alpha value is -1.59. The van der Waals surface area contributed by atoms with Gasteiger partial charge in [0.1, 0.15) is 11.8 Å². The number of methoxy groups -OCH3 is 2. The molecule has 0 aliphatic rings. The molecular weight excluding hydrogens is 244 g/mol. The van der Waals surface area contributed by atoms with E-state index in [1.807, 2.05) is 31.2 Å². The summed E-state index contributed by atoms with van der Waals surface area (Å²) in [5, 5.41) is 0. The summed E-state index contributed by atoms with van der Waals surface area (Å²) in [6.07, 6.45) is 0. The molecule has 0 aromatic heterocycles. The van der Waals surface area contributed by atoms with E-state index < -0.39 is 6.04 Å². The van der Waals surface area contributed by atoms with Gasteiger partial charge in [-0.2, -0.15) is 0 Å². The summed E-state index contributed by atoms with van der Waals surface area (Å²) in [5.41, 5.74) is 6.72. The van der Waals surface area contributed by atoms with E-state index in [4.69, 9.17) is 15.2 Å². The largest absolute Gasteiger partial charge is 0.496 e. The third-order valence-electron chi connectivity index (χ3n) is 3.18. The molecule has 0 heterocycles. The van der Waals surface area contributed by atoms with Crippen LogP contribution in [0.15, 0.2) is 24.3 Å². The number of likely N-dealkylation sites (N-methyl/N-ethyl adjacent to an activating group) is 1. The van der Waals surface area contributed by atoms with Crippen molar-refractivity contribution in [2.75, 3.05) is 27.9 Å². The number of amides is 1.